The van der Waals surface area contributed by atoms with E-state index in [1.54, 1.807) is 6.07 Å². The van der Waals surface area contributed by atoms with Crippen LogP contribution in [0.4, 0.5) is 11.4 Å². The van der Waals surface area contributed by atoms with E-state index < -0.39 is 0 Å². The second-order valence-corrected chi connectivity index (χ2v) is 3.96. The van der Waals surface area contributed by atoms with E-state index in [2.05, 4.69) is 25.2 Å². The zero-order valence-corrected chi connectivity index (χ0v) is 9.96. The van der Waals surface area contributed by atoms with Crippen LogP contribution in [-0.4, -0.2) is 6.04 Å². The van der Waals surface area contributed by atoms with E-state index in [0.29, 0.717) is 17.3 Å². The predicted molar refractivity (Wildman–Crippen MR) is 68.2 cm³/mol. The van der Waals surface area contributed by atoms with Crippen molar-refractivity contribution in [2.75, 3.05) is 11.1 Å². The third-order valence-electron chi connectivity index (χ3n) is 2.65. The lowest BCUT2D eigenvalue weighted by molar-refractivity contribution is 0.622. The van der Waals surface area contributed by atoms with E-state index in [0.717, 1.165) is 24.9 Å². The first-order chi connectivity index (χ1) is 7.71. The number of hydrogen-bond acceptors (Lipinski definition) is 3. The molecule has 0 heterocycles. The summed E-state index contributed by atoms with van der Waals surface area (Å²) in [5, 5.41) is 12.4. The lowest BCUT2D eigenvalue weighted by Crippen LogP contribution is -2.18. The standard InChI is InChI=1S/C13H19N3/c1-3-5-12(4-2)16-13-7-6-11(15)8-10(13)9-14/h6-8,12,16H,3-5,15H2,1-2H3. The van der Waals surface area contributed by atoms with Crippen LogP contribution in [0.25, 0.3) is 0 Å². The van der Waals surface area contributed by atoms with Gasteiger partial charge in [-0.05, 0) is 31.0 Å². The highest BCUT2D eigenvalue weighted by atomic mass is 14.9. The second kappa shape index (κ2) is 6.02. The lowest BCUT2D eigenvalue weighted by atomic mass is 10.1. The second-order valence-electron chi connectivity index (χ2n) is 3.96. The van der Waals surface area contributed by atoms with E-state index in [9.17, 15) is 0 Å². The molecule has 1 rings (SSSR count). The van der Waals surface area contributed by atoms with Gasteiger partial charge in [-0.1, -0.05) is 20.3 Å². The van der Waals surface area contributed by atoms with Crippen LogP contribution in [0.3, 0.4) is 0 Å². The number of nitrogens with two attached hydrogens (primary N) is 1. The molecule has 0 aromatic heterocycles. The van der Waals surface area contributed by atoms with Crippen LogP contribution in [0.15, 0.2) is 18.2 Å². The van der Waals surface area contributed by atoms with Crippen molar-refractivity contribution in [1.82, 2.24) is 0 Å². The molecule has 0 aliphatic heterocycles. The van der Waals surface area contributed by atoms with Crippen molar-refractivity contribution in [3.63, 3.8) is 0 Å². The molecule has 1 unspecified atom stereocenters. The molecular weight excluding hydrogens is 198 g/mol. The molecule has 0 fully saturated rings. The monoisotopic (exact) mass is 217 g/mol. The molecule has 86 valence electrons. The van der Waals surface area contributed by atoms with Crippen molar-refractivity contribution in [2.45, 2.75) is 39.2 Å². The zero-order valence-electron chi connectivity index (χ0n) is 9.96. The first-order valence-electron chi connectivity index (χ1n) is 5.77. The maximum Gasteiger partial charge on any atom is 0.101 e. The Kier molecular flexibility index (Phi) is 4.65. The molecule has 1 aromatic rings. The normalized spacial score (nSPS) is 11.8. The van der Waals surface area contributed by atoms with Crippen LogP contribution in [0, 0.1) is 11.3 Å². The van der Waals surface area contributed by atoms with Gasteiger partial charge in [-0.3, -0.25) is 0 Å². The first kappa shape index (κ1) is 12.4. The van der Waals surface area contributed by atoms with Crippen LogP contribution in [0.2, 0.25) is 0 Å². The molecule has 3 nitrogen and oxygen atoms in total. The molecule has 0 saturated heterocycles. The van der Waals surface area contributed by atoms with Gasteiger partial charge in [-0.15, -0.1) is 0 Å². The first-order valence-corrected chi connectivity index (χ1v) is 5.77. The van der Waals surface area contributed by atoms with Crippen molar-refractivity contribution < 1.29 is 0 Å². The van der Waals surface area contributed by atoms with Crippen LogP contribution in [0.5, 0.6) is 0 Å². The summed E-state index contributed by atoms with van der Waals surface area (Å²) in [5.41, 5.74) is 7.78. The number of anilines is 2. The van der Waals surface area contributed by atoms with Gasteiger partial charge in [0.15, 0.2) is 0 Å². The summed E-state index contributed by atoms with van der Waals surface area (Å²) in [4.78, 5) is 0. The fourth-order valence-electron chi connectivity index (χ4n) is 1.73. The average Bonchev–Trinajstić information content (AvgIpc) is 2.30. The van der Waals surface area contributed by atoms with Gasteiger partial charge in [0.05, 0.1) is 11.3 Å². The van der Waals surface area contributed by atoms with Crippen LogP contribution in [-0.2, 0) is 0 Å². The number of benzene rings is 1. The predicted octanol–water partition coefficient (Wildman–Crippen LogP) is 3.13. The Morgan fingerprint density at radius 1 is 1.44 bits per heavy atom. The molecule has 3 N–H and O–H groups in total. The smallest absolute Gasteiger partial charge is 0.101 e. The molecule has 0 amide bonds. The van der Waals surface area contributed by atoms with E-state index in [1.165, 1.54) is 0 Å². The van der Waals surface area contributed by atoms with E-state index in [-0.39, 0.29) is 0 Å². The van der Waals surface area contributed by atoms with Gasteiger partial charge in [0, 0.05) is 11.7 Å². The molecular formula is C13H19N3. The number of nitrogen functional groups attached to an aromatic ring is 1. The van der Waals surface area contributed by atoms with Gasteiger partial charge in [0.25, 0.3) is 0 Å². The van der Waals surface area contributed by atoms with Crippen molar-refractivity contribution in [2.24, 2.45) is 0 Å². The quantitative estimate of drug-likeness (QED) is 0.745. The van der Waals surface area contributed by atoms with Gasteiger partial charge >= 0.3 is 0 Å². The van der Waals surface area contributed by atoms with Crippen molar-refractivity contribution >= 4 is 11.4 Å². The summed E-state index contributed by atoms with van der Waals surface area (Å²) in [5.74, 6) is 0. The molecule has 0 aliphatic carbocycles. The molecule has 3 heteroatoms. The minimum atomic E-state index is 0.431. The largest absolute Gasteiger partial charge is 0.399 e. The zero-order chi connectivity index (χ0) is 12.0. The third-order valence-corrected chi connectivity index (χ3v) is 2.65. The fourth-order valence-corrected chi connectivity index (χ4v) is 1.73. The molecule has 0 aliphatic rings. The van der Waals surface area contributed by atoms with Crippen molar-refractivity contribution in [1.29, 1.82) is 5.26 Å². The number of hydrogen-bond donors (Lipinski definition) is 2. The highest BCUT2D eigenvalue weighted by Crippen LogP contribution is 2.20. The van der Waals surface area contributed by atoms with Gasteiger partial charge in [-0.25, -0.2) is 0 Å². The number of nitriles is 1. The third kappa shape index (κ3) is 3.16. The lowest BCUT2D eigenvalue weighted by Gasteiger charge is -2.18. The minimum absolute atomic E-state index is 0.431. The Morgan fingerprint density at radius 3 is 2.75 bits per heavy atom. The Hall–Kier alpha value is -1.69. The van der Waals surface area contributed by atoms with Crippen LogP contribution in [0.1, 0.15) is 38.7 Å². The Morgan fingerprint density at radius 2 is 2.19 bits per heavy atom. The summed E-state index contributed by atoms with van der Waals surface area (Å²) in [6.07, 6.45) is 3.32. The number of nitrogens with one attached hydrogen (secondary N) is 1. The van der Waals surface area contributed by atoms with Crippen LogP contribution >= 0.6 is 0 Å². The van der Waals surface area contributed by atoms with Crippen molar-refractivity contribution in [3.05, 3.63) is 23.8 Å². The molecule has 0 spiro atoms. The summed E-state index contributed by atoms with van der Waals surface area (Å²) in [7, 11) is 0. The summed E-state index contributed by atoms with van der Waals surface area (Å²) in [6, 6.07) is 8.01. The highest BCUT2D eigenvalue weighted by Gasteiger charge is 2.08. The maximum atomic E-state index is 9.01. The summed E-state index contributed by atoms with van der Waals surface area (Å²) in [6.45, 7) is 4.31. The van der Waals surface area contributed by atoms with E-state index in [1.807, 2.05) is 12.1 Å². The van der Waals surface area contributed by atoms with Gasteiger partial charge in [0.1, 0.15) is 6.07 Å². The van der Waals surface area contributed by atoms with Gasteiger partial charge in [-0.2, -0.15) is 5.26 Å². The maximum absolute atomic E-state index is 9.01. The topological polar surface area (TPSA) is 61.8 Å². The molecule has 0 saturated carbocycles. The van der Waals surface area contributed by atoms with Crippen LogP contribution < -0.4 is 11.1 Å². The van der Waals surface area contributed by atoms with E-state index in [4.69, 9.17) is 11.0 Å². The Balaban J connectivity index is 2.83. The highest BCUT2D eigenvalue weighted by molar-refractivity contribution is 5.63. The fraction of sp³-hybridized carbons (Fsp3) is 0.462. The number of rotatable bonds is 5. The molecule has 1 aromatic carbocycles. The summed E-state index contributed by atoms with van der Waals surface area (Å²) >= 11 is 0. The van der Waals surface area contributed by atoms with Crippen molar-refractivity contribution in [3.8, 4) is 6.07 Å². The minimum Gasteiger partial charge on any atom is -0.399 e. The average molecular weight is 217 g/mol. The Bertz CT molecular complexity index is 379. The molecule has 1 atom stereocenters. The van der Waals surface area contributed by atoms with Gasteiger partial charge < -0.3 is 11.1 Å². The molecule has 0 bridgehead atoms. The summed E-state index contributed by atoms with van der Waals surface area (Å²) < 4.78 is 0. The number of nitrogens with zero attached hydrogens (tertiary/aromatic N) is 1. The SMILES string of the molecule is CCCC(CC)Nc1ccc(N)cc1C#N. The van der Waals surface area contributed by atoms with Gasteiger partial charge in [0.2, 0.25) is 0 Å². The molecule has 0 radical (unpaired) electrons. The molecule has 16 heavy (non-hydrogen) atoms. The van der Waals surface area contributed by atoms with E-state index >= 15 is 0 Å². The Labute approximate surface area is 97.3 Å².